The highest BCUT2D eigenvalue weighted by molar-refractivity contribution is 5.94. The van der Waals surface area contributed by atoms with E-state index in [0.717, 1.165) is 0 Å². The van der Waals surface area contributed by atoms with E-state index in [0.29, 0.717) is 0 Å². The largest absolute Gasteiger partial charge is 0.0654 e. The summed E-state index contributed by atoms with van der Waals surface area (Å²) in [6.45, 7) is 14.0. The molecular weight excluding hydrogens is 324 g/mol. The highest BCUT2D eigenvalue weighted by Crippen LogP contribution is 2.37. The quantitative estimate of drug-likeness (QED) is 0.374. The van der Waals surface area contributed by atoms with Crippen molar-refractivity contribution in [2.24, 2.45) is 0 Å². The fourth-order valence-corrected chi connectivity index (χ4v) is 4.61. The molecule has 0 fully saturated rings. The third kappa shape index (κ3) is 4.95. The molecule has 0 saturated heterocycles. The third-order valence-corrected chi connectivity index (χ3v) is 6.30. The van der Waals surface area contributed by atoms with Gasteiger partial charge in [-0.3, -0.25) is 0 Å². The van der Waals surface area contributed by atoms with Gasteiger partial charge in [0.05, 0.1) is 0 Å². The van der Waals surface area contributed by atoms with Gasteiger partial charge >= 0.3 is 0 Å². The number of aryl methyl sites for hydroxylation is 4. The summed E-state index contributed by atoms with van der Waals surface area (Å²) in [4.78, 5) is 0. The van der Waals surface area contributed by atoms with E-state index in [9.17, 15) is 0 Å². The minimum atomic E-state index is 1.23. The van der Waals surface area contributed by atoms with Gasteiger partial charge < -0.3 is 0 Å². The predicted molar refractivity (Wildman–Crippen MR) is 123 cm³/mol. The Bertz CT molecular complexity index is 736. The lowest BCUT2D eigenvalue weighted by Gasteiger charge is -2.25. The summed E-state index contributed by atoms with van der Waals surface area (Å²) in [5.74, 6) is 0. The minimum absolute atomic E-state index is 1.23. The highest BCUT2D eigenvalue weighted by Gasteiger charge is 2.19. The van der Waals surface area contributed by atoms with Crippen molar-refractivity contribution in [1.82, 2.24) is 0 Å². The Morgan fingerprint density at radius 1 is 0.556 bits per heavy atom. The van der Waals surface area contributed by atoms with E-state index < -0.39 is 0 Å². The molecule has 27 heavy (non-hydrogen) atoms. The Balaban J connectivity index is 2.86. The van der Waals surface area contributed by atoms with Gasteiger partial charge in [-0.15, -0.1) is 0 Å². The van der Waals surface area contributed by atoms with Crippen molar-refractivity contribution in [2.45, 2.75) is 112 Å². The molecule has 150 valence electrons. The second kappa shape index (κ2) is 10.9. The number of benzene rings is 2. The molecule has 0 heterocycles. The third-order valence-electron chi connectivity index (χ3n) is 6.30. The number of hydrogen-bond donors (Lipinski definition) is 0. The normalized spacial score (nSPS) is 11.5. The summed E-state index contributed by atoms with van der Waals surface area (Å²) in [7, 11) is 0. The van der Waals surface area contributed by atoms with E-state index in [4.69, 9.17) is 0 Å². The molecule has 0 aromatic heterocycles. The lowest BCUT2D eigenvalue weighted by Crippen LogP contribution is -2.09. The Hall–Kier alpha value is -1.30. The minimum Gasteiger partial charge on any atom is -0.0654 e. The first-order chi connectivity index (χ1) is 13.1. The van der Waals surface area contributed by atoms with Crippen LogP contribution in [-0.2, 0) is 25.7 Å². The van der Waals surface area contributed by atoms with Crippen LogP contribution in [0.2, 0.25) is 0 Å². The Kier molecular flexibility index (Phi) is 8.87. The van der Waals surface area contributed by atoms with Crippen LogP contribution in [0, 0.1) is 13.8 Å². The molecule has 0 aliphatic carbocycles. The fourth-order valence-electron chi connectivity index (χ4n) is 4.61. The number of hydrogen-bond acceptors (Lipinski definition) is 0. The molecule has 0 atom stereocenters. The molecular formula is C27H42. The monoisotopic (exact) mass is 366 g/mol. The van der Waals surface area contributed by atoms with Crippen molar-refractivity contribution in [3.8, 4) is 0 Å². The Morgan fingerprint density at radius 3 is 1.59 bits per heavy atom. The van der Waals surface area contributed by atoms with Crippen molar-refractivity contribution in [3.05, 3.63) is 45.5 Å². The molecule has 0 N–H and O–H groups in total. The van der Waals surface area contributed by atoms with Gasteiger partial charge in [0, 0.05) is 0 Å². The predicted octanol–water partition coefficient (Wildman–Crippen LogP) is 8.44. The molecule has 0 unspecified atom stereocenters. The molecule has 0 bridgehead atoms. The van der Waals surface area contributed by atoms with Gasteiger partial charge in [-0.05, 0) is 103 Å². The average Bonchev–Trinajstić information content (AvgIpc) is 2.67. The van der Waals surface area contributed by atoms with Crippen LogP contribution in [0.4, 0.5) is 0 Å². The summed E-state index contributed by atoms with van der Waals surface area (Å²) in [5, 5.41) is 3.18. The molecule has 0 amide bonds. The first-order valence-electron chi connectivity index (χ1n) is 11.7. The van der Waals surface area contributed by atoms with E-state index in [1.54, 1.807) is 33.0 Å². The van der Waals surface area contributed by atoms with Gasteiger partial charge in [0.25, 0.3) is 0 Å². The van der Waals surface area contributed by atoms with Crippen LogP contribution in [0.15, 0.2) is 12.1 Å². The topological polar surface area (TPSA) is 0 Å². The maximum Gasteiger partial charge on any atom is -0.0114 e. The fraction of sp³-hybridized carbons (Fsp3) is 0.630. The molecule has 0 spiro atoms. The van der Waals surface area contributed by atoms with Crippen molar-refractivity contribution in [2.75, 3.05) is 0 Å². The zero-order valence-corrected chi connectivity index (χ0v) is 18.9. The SMILES string of the molecule is CCCCc1c(CCCC)c(CCC)c2c(C)c(C)ccc2c1CCCC. The summed E-state index contributed by atoms with van der Waals surface area (Å²) in [6, 6.07) is 4.80. The van der Waals surface area contributed by atoms with Gasteiger partial charge in [0.15, 0.2) is 0 Å². The van der Waals surface area contributed by atoms with Gasteiger partial charge in [0.2, 0.25) is 0 Å². The first-order valence-corrected chi connectivity index (χ1v) is 11.7. The summed E-state index contributed by atoms with van der Waals surface area (Å²) in [6.07, 6.45) is 14.1. The zero-order chi connectivity index (χ0) is 19.8. The standard InChI is InChI=1S/C27H42/c1-7-11-15-22-23(16-12-8-2)25(14-10-4)27-21(6)20(5)18-19-26(27)24(22)17-13-9-3/h18-19H,7-17H2,1-6H3. The molecule has 0 radical (unpaired) electrons. The molecule has 2 rings (SSSR count). The maximum absolute atomic E-state index is 2.45. The van der Waals surface area contributed by atoms with Crippen LogP contribution < -0.4 is 0 Å². The van der Waals surface area contributed by atoms with E-state index in [1.807, 2.05) is 0 Å². The Morgan fingerprint density at radius 2 is 1.07 bits per heavy atom. The smallest absolute Gasteiger partial charge is 0.0114 e. The Labute approximate surface area is 168 Å². The molecule has 0 nitrogen and oxygen atoms in total. The van der Waals surface area contributed by atoms with Gasteiger partial charge in [-0.25, -0.2) is 0 Å². The van der Waals surface area contributed by atoms with Crippen LogP contribution in [0.25, 0.3) is 10.8 Å². The molecule has 2 aromatic carbocycles. The van der Waals surface area contributed by atoms with E-state index in [-0.39, 0.29) is 0 Å². The van der Waals surface area contributed by atoms with Crippen molar-refractivity contribution >= 4 is 10.8 Å². The van der Waals surface area contributed by atoms with Crippen LogP contribution in [0.5, 0.6) is 0 Å². The van der Waals surface area contributed by atoms with Crippen LogP contribution in [0.3, 0.4) is 0 Å². The first kappa shape index (κ1) is 22.0. The van der Waals surface area contributed by atoms with Crippen LogP contribution >= 0.6 is 0 Å². The van der Waals surface area contributed by atoms with E-state index in [2.05, 4.69) is 53.7 Å². The number of fused-ring (bicyclic) bond motifs is 1. The second-order valence-corrected chi connectivity index (χ2v) is 8.40. The molecule has 2 aromatic rings. The lowest BCUT2D eigenvalue weighted by molar-refractivity contribution is 0.730. The summed E-state index contributed by atoms with van der Waals surface area (Å²) >= 11 is 0. The van der Waals surface area contributed by atoms with Crippen LogP contribution in [-0.4, -0.2) is 0 Å². The molecule has 0 heteroatoms. The van der Waals surface area contributed by atoms with E-state index in [1.165, 1.54) is 81.8 Å². The van der Waals surface area contributed by atoms with Crippen molar-refractivity contribution < 1.29 is 0 Å². The molecule has 0 aliphatic heterocycles. The molecule has 0 saturated carbocycles. The molecule has 0 aliphatic rings. The maximum atomic E-state index is 2.45. The van der Waals surface area contributed by atoms with Crippen molar-refractivity contribution in [1.29, 1.82) is 0 Å². The highest BCUT2D eigenvalue weighted by atomic mass is 14.2. The van der Waals surface area contributed by atoms with Crippen LogP contribution in [0.1, 0.15) is 106 Å². The number of rotatable bonds is 11. The second-order valence-electron chi connectivity index (χ2n) is 8.40. The zero-order valence-electron chi connectivity index (χ0n) is 18.9. The summed E-state index contributed by atoms with van der Waals surface area (Å²) < 4.78 is 0. The lowest BCUT2D eigenvalue weighted by atomic mass is 9.80. The van der Waals surface area contributed by atoms with E-state index >= 15 is 0 Å². The summed E-state index contributed by atoms with van der Waals surface area (Å²) in [5.41, 5.74) is 9.82. The van der Waals surface area contributed by atoms with Crippen molar-refractivity contribution in [3.63, 3.8) is 0 Å². The van der Waals surface area contributed by atoms with Gasteiger partial charge in [-0.2, -0.15) is 0 Å². The van der Waals surface area contributed by atoms with Gasteiger partial charge in [-0.1, -0.05) is 65.5 Å². The average molecular weight is 367 g/mol. The van der Waals surface area contributed by atoms with Gasteiger partial charge in [0.1, 0.15) is 0 Å². The number of unbranched alkanes of at least 4 members (excludes halogenated alkanes) is 3.